The minimum atomic E-state index is -0.107. The normalized spacial score (nSPS) is 16.0. The Morgan fingerprint density at radius 3 is 2.68 bits per heavy atom. The van der Waals surface area contributed by atoms with Crippen LogP contribution < -0.4 is 5.56 Å². The van der Waals surface area contributed by atoms with E-state index in [1.165, 1.54) is 10.6 Å². The molecule has 1 amide bonds. The highest BCUT2D eigenvalue weighted by Crippen LogP contribution is 2.11. The van der Waals surface area contributed by atoms with Crippen LogP contribution in [0.4, 0.5) is 0 Å². The Kier molecular flexibility index (Phi) is 4.35. The van der Waals surface area contributed by atoms with Gasteiger partial charge in [-0.2, -0.15) is 0 Å². The molecule has 0 unspecified atom stereocenters. The van der Waals surface area contributed by atoms with Crippen LogP contribution in [0, 0.1) is 0 Å². The number of carbonyl (C=O) groups excluding carboxylic acids is 1. The van der Waals surface area contributed by atoms with Gasteiger partial charge in [0.25, 0.3) is 5.91 Å². The molecule has 0 bridgehead atoms. The Hall–Kier alpha value is -1.99. The van der Waals surface area contributed by atoms with Gasteiger partial charge < -0.3 is 9.47 Å². The molecule has 1 saturated heterocycles. The van der Waals surface area contributed by atoms with Crippen LogP contribution in [0.15, 0.2) is 34.0 Å². The van der Waals surface area contributed by atoms with E-state index in [1.807, 2.05) is 10.4 Å². The quantitative estimate of drug-likeness (QED) is 0.840. The summed E-state index contributed by atoms with van der Waals surface area (Å²) in [4.78, 5) is 32.3. The molecule has 1 aliphatic rings. The summed E-state index contributed by atoms with van der Waals surface area (Å²) >= 11 is 1.60. The number of thiazole rings is 1. The maximum absolute atomic E-state index is 12.5. The van der Waals surface area contributed by atoms with Gasteiger partial charge in [-0.15, -0.1) is 11.3 Å². The predicted octanol–water partition coefficient (Wildman–Crippen LogP) is 0.800. The first kappa shape index (κ1) is 14.9. The third-order valence-electron chi connectivity index (χ3n) is 3.86. The van der Waals surface area contributed by atoms with Crippen molar-refractivity contribution < 1.29 is 4.79 Å². The van der Waals surface area contributed by atoms with Crippen molar-refractivity contribution in [2.45, 2.75) is 6.54 Å². The standard InChI is InChI=1S/C15H18N4O2S/c1-17-8-12(2-3-14(17)20)15(21)19-6-4-18(5-7-19)9-13-10-22-11-16-13/h2-3,8,10-11H,4-7,9H2,1H3. The highest BCUT2D eigenvalue weighted by Gasteiger charge is 2.22. The van der Waals surface area contributed by atoms with Gasteiger partial charge in [0.15, 0.2) is 0 Å². The van der Waals surface area contributed by atoms with E-state index in [2.05, 4.69) is 15.3 Å². The van der Waals surface area contributed by atoms with Crippen LogP contribution >= 0.6 is 11.3 Å². The minimum Gasteiger partial charge on any atom is -0.336 e. The van der Waals surface area contributed by atoms with Gasteiger partial charge >= 0.3 is 0 Å². The molecular weight excluding hydrogens is 300 g/mol. The van der Waals surface area contributed by atoms with Gasteiger partial charge in [0, 0.05) is 57.4 Å². The first-order chi connectivity index (χ1) is 10.6. The topological polar surface area (TPSA) is 58.4 Å². The Bertz CT molecular complexity index is 703. The summed E-state index contributed by atoms with van der Waals surface area (Å²) < 4.78 is 1.44. The van der Waals surface area contributed by atoms with E-state index in [0.717, 1.165) is 25.3 Å². The van der Waals surface area contributed by atoms with Gasteiger partial charge in [-0.1, -0.05) is 0 Å². The molecule has 2 aromatic heterocycles. The lowest BCUT2D eigenvalue weighted by Crippen LogP contribution is -2.48. The first-order valence-corrected chi connectivity index (χ1v) is 8.13. The van der Waals surface area contributed by atoms with E-state index >= 15 is 0 Å². The highest BCUT2D eigenvalue weighted by atomic mass is 32.1. The molecule has 0 aliphatic carbocycles. The van der Waals surface area contributed by atoms with Crippen molar-refractivity contribution in [3.63, 3.8) is 0 Å². The van der Waals surface area contributed by atoms with Crippen molar-refractivity contribution in [3.05, 3.63) is 50.8 Å². The summed E-state index contributed by atoms with van der Waals surface area (Å²) in [5.41, 5.74) is 3.39. The van der Waals surface area contributed by atoms with Gasteiger partial charge in [-0.3, -0.25) is 14.5 Å². The molecule has 3 heterocycles. The molecule has 0 spiro atoms. The lowest BCUT2D eigenvalue weighted by Gasteiger charge is -2.34. The van der Waals surface area contributed by atoms with Crippen LogP contribution in [0.2, 0.25) is 0 Å². The van der Waals surface area contributed by atoms with Crippen molar-refractivity contribution in [3.8, 4) is 0 Å². The fraction of sp³-hybridized carbons (Fsp3) is 0.400. The summed E-state index contributed by atoms with van der Waals surface area (Å²) in [7, 11) is 1.66. The zero-order chi connectivity index (χ0) is 15.5. The number of rotatable bonds is 3. The van der Waals surface area contributed by atoms with E-state index < -0.39 is 0 Å². The van der Waals surface area contributed by atoms with E-state index in [0.29, 0.717) is 18.7 Å². The average molecular weight is 318 g/mol. The van der Waals surface area contributed by atoms with Gasteiger partial charge in [-0.25, -0.2) is 4.98 Å². The van der Waals surface area contributed by atoms with Crippen molar-refractivity contribution in [2.24, 2.45) is 7.05 Å². The first-order valence-electron chi connectivity index (χ1n) is 7.19. The molecule has 0 aromatic carbocycles. The summed E-state index contributed by atoms with van der Waals surface area (Å²) in [5, 5.41) is 2.06. The predicted molar refractivity (Wildman–Crippen MR) is 85.0 cm³/mol. The fourth-order valence-electron chi connectivity index (χ4n) is 2.56. The molecular formula is C15H18N4O2S. The number of piperazine rings is 1. The molecule has 1 aliphatic heterocycles. The highest BCUT2D eigenvalue weighted by molar-refractivity contribution is 7.07. The van der Waals surface area contributed by atoms with Crippen LogP contribution in [0.1, 0.15) is 16.1 Å². The zero-order valence-electron chi connectivity index (χ0n) is 12.4. The van der Waals surface area contributed by atoms with Gasteiger partial charge in [-0.05, 0) is 6.07 Å². The molecule has 22 heavy (non-hydrogen) atoms. The summed E-state index contributed by atoms with van der Waals surface area (Å²) in [6.07, 6.45) is 1.60. The average Bonchev–Trinajstić information content (AvgIpc) is 3.03. The summed E-state index contributed by atoms with van der Waals surface area (Å²) in [6.45, 7) is 3.92. The van der Waals surface area contributed by atoms with E-state index in [-0.39, 0.29) is 11.5 Å². The van der Waals surface area contributed by atoms with Crippen LogP contribution in [0.25, 0.3) is 0 Å². The number of hydrogen-bond acceptors (Lipinski definition) is 5. The summed E-state index contributed by atoms with van der Waals surface area (Å²) in [6, 6.07) is 3.04. The number of aryl methyl sites for hydroxylation is 1. The molecule has 7 heteroatoms. The number of nitrogens with zero attached hydrogens (tertiary/aromatic N) is 4. The van der Waals surface area contributed by atoms with Gasteiger partial charge in [0.05, 0.1) is 16.8 Å². The van der Waals surface area contributed by atoms with Crippen molar-refractivity contribution in [2.75, 3.05) is 26.2 Å². The molecule has 116 valence electrons. The van der Waals surface area contributed by atoms with Crippen LogP contribution in [-0.4, -0.2) is 51.4 Å². The number of amides is 1. The number of carbonyl (C=O) groups is 1. The second kappa shape index (κ2) is 6.41. The molecule has 0 radical (unpaired) electrons. The van der Waals surface area contributed by atoms with Crippen LogP contribution in [-0.2, 0) is 13.6 Å². The Morgan fingerprint density at radius 1 is 1.27 bits per heavy atom. The third kappa shape index (κ3) is 3.26. The lowest BCUT2D eigenvalue weighted by atomic mass is 10.2. The van der Waals surface area contributed by atoms with Crippen molar-refractivity contribution in [1.82, 2.24) is 19.4 Å². The second-order valence-electron chi connectivity index (χ2n) is 5.42. The van der Waals surface area contributed by atoms with Gasteiger partial charge in [0.1, 0.15) is 0 Å². The number of hydrogen-bond donors (Lipinski definition) is 0. The third-order valence-corrected chi connectivity index (χ3v) is 4.50. The van der Waals surface area contributed by atoms with Gasteiger partial charge in [0.2, 0.25) is 5.56 Å². The monoisotopic (exact) mass is 318 g/mol. The Labute approximate surface area is 132 Å². The molecule has 0 atom stereocenters. The Balaban J connectivity index is 1.59. The number of pyridine rings is 1. The molecule has 6 nitrogen and oxygen atoms in total. The molecule has 0 N–H and O–H groups in total. The smallest absolute Gasteiger partial charge is 0.255 e. The Morgan fingerprint density at radius 2 is 2.05 bits per heavy atom. The van der Waals surface area contributed by atoms with Crippen molar-refractivity contribution >= 4 is 17.2 Å². The zero-order valence-corrected chi connectivity index (χ0v) is 13.3. The van der Waals surface area contributed by atoms with E-state index in [9.17, 15) is 9.59 Å². The fourth-order valence-corrected chi connectivity index (χ4v) is 3.11. The largest absolute Gasteiger partial charge is 0.336 e. The lowest BCUT2D eigenvalue weighted by molar-refractivity contribution is 0.0626. The maximum Gasteiger partial charge on any atom is 0.255 e. The summed E-state index contributed by atoms with van der Waals surface area (Å²) in [5.74, 6) is -0.0103. The molecule has 1 fully saturated rings. The second-order valence-corrected chi connectivity index (χ2v) is 6.13. The molecule has 3 rings (SSSR count). The van der Waals surface area contributed by atoms with Crippen LogP contribution in [0.3, 0.4) is 0 Å². The molecule has 0 saturated carbocycles. The number of aromatic nitrogens is 2. The van der Waals surface area contributed by atoms with Crippen LogP contribution in [0.5, 0.6) is 0 Å². The molecule has 2 aromatic rings. The maximum atomic E-state index is 12.5. The van der Waals surface area contributed by atoms with E-state index in [1.54, 1.807) is 30.6 Å². The SMILES string of the molecule is Cn1cc(C(=O)N2CCN(Cc3cscn3)CC2)ccc1=O. The van der Waals surface area contributed by atoms with Crippen molar-refractivity contribution in [1.29, 1.82) is 0 Å². The minimum absolute atomic E-state index is 0.0103. The van der Waals surface area contributed by atoms with E-state index in [4.69, 9.17) is 0 Å².